The summed E-state index contributed by atoms with van der Waals surface area (Å²) in [6.07, 6.45) is 0.951. The number of hydrogen-bond donors (Lipinski definition) is 1. The van der Waals surface area contributed by atoms with Crippen LogP contribution in [0.3, 0.4) is 0 Å². The molecule has 1 aliphatic rings. The normalized spacial score (nSPS) is 16.7. The van der Waals surface area contributed by atoms with E-state index in [1.54, 1.807) is 18.9 Å². The highest BCUT2D eigenvalue weighted by Gasteiger charge is 2.36. The minimum atomic E-state index is -0.525. The van der Waals surface area contributed by atoms with Crippen LogP contribution in [0.15, 0.2) is 24.3 Å². The molecule has 1 atom stereocenters. The molecule has 0 aliphatic carbocycles. The second kappa shape index (κ2) is 8.49. The van der Waals surface area contributed by atoms with E-state index in [9.17, 15) is 14.9 Å². The summed E-state index contributed by atoms with van der Waals surface area (Å²) in [5.74, 6) is -0.356. The van der Waals surface area contributed by atoms with E-state index in [4.69, 9.17) is 0 Å². The molecule has 3 rings (SSSR count). The molecule has 1 aromatic heterocycles. The van der Waals surface area contributed by atoms with Crippen LogP contribution < -0.4 is 5.32 Å². The maximum Gasteiger partial charge on any atom is 0.322 e. The van der Waals surface area contributed by atoms with Gasteiger partial charge in [-0.1, -0.05) is 31.2 Å². The Labute approximate surface area is 164 Å². The fourth-order valence-electron chi connectivity index (χ4n) is 3.46. The lowest BCUT2D eigenvalue weighted by Gasteiger charge is -2.36. The van der Waals surface area contributed by atoms with Crippen molar-refractivity contribution in [3.63, 3.8) is 0 Å². The van der Waals surface area contributed by atoms with Crippen LogP contribution in [0.5, 0.6) is 0 Å². The van der Waals surface area contributed by atoms with Crippen LogP contribution in [-0.2, 0) is 13.5 Å². The third kappa shape index (κ3) is 3.96. The van der Waals surface area contributed by atoms with Gasteiger partial charge in [0, 0.05) is 26.7 Å². The second-order valence-corrected chi connectivity index (χ2v) is 6.48. The SMILES string of the molecule is CCc1ccc(C2CNCCN2C(=O)c2c([N+](=O)[O-])c(C)nn2C)cc1.Cl. The van der Waals surface area contributed by atoms with Crippen LogP contribution in [0.2, 0.25) is 0 Å². The lowest BCUT2D eigenvalue weighted by molar-refractivity contribution is -0.385. The van der Waals surface area contributed by atoms with E-state index >= 15 is 0 Å². The molecular formula is C18H24ClN5O3. The zero-order valence-electron chi connectivity index (χ0n) is 15.6. The number of rotatable bonds is 4. The van der Waals surface area contributed by atoms with Crippen molar-refractivity contribution in [2.75, 3.05) is 19.6 Å². The third-order valence-corrected chi connectivity index (χ3v) is 4.85. The van der Waals surface area contributed by atoms with Gasteiger partial charge in [0.2, 0.25) is 5.69 Å². The molecule has 146 valence electrons. The first-order valence-electron chi connectivity index (χ1n) is 8.72. The Balaban J connectivity index is 0.00000261. The molecule has 2 heterocycles. The lowest BCUT2D eigenvalue weighted by atomic mass is 10.0. The first kappa shape index (κ1) is 20.9. The molecule has 1 amide bonds. The summed E-state index contributed by atoms with van der Waals surface area (Å²) >= 11 is 0. The van der Waals surface area contributed by atoms with Crippen LogP contribution in [0.4, 0.5) is 5.69 Å². The molecule has 9 heteroatoms. The van der Waals surface area contributed by atoms with Crippen LogP contribution in [0, 0.1) is 17.0 Å². The van der Waals surface area contributed by atoms with Crippen LogP contribution >= 0.6 is 12.4 Å². The highest BCUT2D eigenvalue weighted by molar-refractivity contribution is 5.97. The van der Waals surface area contributed by atoms with Gasteiger partial charge in [-0.15, -0.1) is 12.4 Å². The first-order valence-corrected chi connectivity index (χ1v) is 8.72. The predicted molar refractivity (Wildman–Crippen MR) is 104 cm³/mol. The smallest absolute Gasteiger partial charge is 0.322 e. The lowest BCUT2D eigenvalue weighted by Crippen LogP contribution is -2.49. The number of nitrogens with zero attached hydrogens (tertiary/aromatic N) is 4. The van der Waals surface area contributed by atoms with E-state index in [0.29, 0.717) is 19.6 Å². The number of nitrogens with one attached hydrogen (secondary N) is 1. The second-order valence-electron chi connectivity index (χ2n) is 6.48. The Kier molecular flexibility index (Phi) is 6.56. The standard InChI is InChI=1S/C18H23N5O3.ClH/c1-4-13-5-7-14(8-6-13)15-11-19-9-10-22(15)18(24)17-16(23(25)26)12(2)20-21(17)3;/h5-8,15,19H,4,9-11H2,1-3H3;1H. The summed E-state index contributed by atoms with van der Waals surface area (Å²) in [5, 5.41) is 18.8. The van der Waals surface area contributed by atoms with Crippen molar-refractivity contribution in [1.82, 2.24) is 20.0 Å². The Morgan fingerprint density at radius 1 is 1.37 bits per heavy atom. The molecule has 1 aromatic carbocycles. The number of carbonyl (C=O) groups excluding carboxylic acids is 1. The van der Waals surface area contributed by atoms with Gasteiger partial charge in [-0.2, -0.15) is 5.10 Å². The van der Waals surface area contributed by atoms with Gasteiger partial charge in [0.05, 0.1) is 11.0 Å². The number of aromatic nitrogens is 2. The number of carbonyl (C=O) groups is 1. The molecule has 0 bridgehead atoms. The average Bonchev–Trinajstić information content (AvgIpc) is 2.95. The fourth-order valence-corrected chi connectivity index (χ4v) is 3.46. The summed E-state index contributed by atoms with van der Waals surface area (Å²) < 4.78 is 1.31. The number of hydrogen-bond acceptors (Lipinski definition) is 5. The Hall–Kier alpha value is -2.45. The monoisotopic (exact) mass is 393 g/mol. The maximum atomic E-state index is 13.2. The third-order valence-electron chi connectivity index (χ3n) is 4.85. The minimum absolute atomic E-state index is 0. The molecule has 1 saturated heterocycles. The van der Waals surface area contributed by atoms with E-state index in [0.717, 1.165) is 12.0 Å². The van der Waals surface area contributed by atoms with Crippen molar-refractivity contribution < 1.29 is 9.72 Å². The topological polar surface area (TPSA) is 93.3 Å². The average molecular weight is 394 g/mol. The number of aryl methyl sites for hydroxylation is 3. The van der Waals surface area contributed by atoms with Gasteiger partial charge < -0.3 is 10.2 Å². The van der Waals surface area contributed by atoms with Crippen LogP contribution in [0.25, 0.3) is 0 Å². The van der Waals surface area contributed by atoms with Crippen LogP contribution in [0.1, 0.15) is 40.3 Å². The summed E-state index contributed by atoms with van der Waals surface area (Å²) in [7, 11) is 1.57. The molecule has 1 aliphatic heterocycles. The molecule has 2 aromatic rings. The quantitative estimate of drug-likeness (QED) is 0.636. The molecule has 0 saturated carbocycles. The largest absolute Gasteiger partial charge is 0.327 e. The first-order chi connectivity index (χ1) is 12.4. The van der Waals surface area contributed by atoms with Crippen molar-refractivity contribution in [2.45, 2.75) is 26.3 Å². The summed E-state index contributed by atoms with van der Waals surface area (Å²) in [4.78, 5) is 25.8. The molecule has 0 radical (unpaired) electrons. The number of halogens is 1. The van der Waals surface area contributed by atoms with Crippen molar-refractivity contribution in [3.05, 3.63) is 56.9 Å². The summed E-state index contributed by atoms with van der Waals surface area (Å²) in [6, 6.07) is 8.00. The summed E-state index contributed by atoms with van der Waals surface area (Å²) in [6.45, 7) is 5.40. The van der Waals surface area contributed by atoms with Gasteiger partial charge >= 0.3 is 5.69 Å². The minimum Gasteiger partial charge on any atom is -0.327 e. The van der Waals surface area contributed by atoms with E-state index < -0.39 is 4.92 Å². The molecule has 1 fully saturated rings. The van der Waals surface area contributed by atoms with Gasteiger partial charge in [-0.05, 0) is 24.5 Å². The molecule has 8 nitrogen and oxygen atoms in total. The molecule has 1 N–H and O–H groups in total. The van der Waals surface area contributed by atoms with Gasteiger partial charge in [0.1, 0.15) is 5.69 Å². The maximum absolute atomic E-state index is 13.2. The van der Waals surface area contributed by atoms with Gasteiger partial charge in [0.25, 0.3) is 5.91 Å². The number of benzene rings is 1. The van der Waals surface area contributed by atoms with Gasteiger partial charge in [-0.25, -0.2) is 0 Å². The number of nitro groups is 1. The van der Waals surface area contributed by atoms with Crippen molar-refractivity contribution in [1.29, 1.82) is 0 Å². The predicted octanol–water partition coefficient (Wildman–Crippen LogP) is 2.41. The van der Waals surface area contributed by atoms with E-state index in [1.165, 1.54) is 10.2 Å². The van der Waals surface area contributed by atoms with E-state index in [2.05, 4.69) is 29.5 Å². The Bertz CT molecular complexity index is 834. The Morgan fingerprint density at radius 2 is 2.04 bits per heavy atom. The van der Waals surface area contributed by atoms with E-state index in [-0.39, 0.29) is 41.4 Å². The number of amides is 1. The highest BCUT2D eigenvalue weighted by atomic mass is 35.5. The molecule has 1 unspecified atom stereocenters. The number of piperazine rings is 1. The highest BCUT2D eigenvalue weighted by Crippen LogP contribution is 2.29. The zero-order valence-corrected chi connectivity index (χ0v) is 16.5. The fraction of sp³-hybridized carbons (Fsp3) is 0.444. The van der Waals surface area contributed by atoms with Gasteiger partial charge in [0.15, 0.2) is 0 Å². The Morgan fingerprint density at radius 3 is 2.63 bits per heavy atom. The van der Waals surface area contributed by atoms with Crippen molar-refractivity contribution >= 4 is 24.0 Å². The van der Waals surface area contributed by atoms with Crippen LogP contribution in [-0.4, -0.2) is 45.1 Å². The van der Waals surface area contributed by atoms with Crippen molar-refractivity contribution in [3.8, 4) is 0 Å². The molecule has 27 heavy (non-hydrogen) atoms. The zero-order chi connectivity index (χ0) is 18.8. The molecular weight excluding hydrogens is 370 g/mol. The summed E-state index contributed by atoms with van der Waals surface area (Å²) in [5.41, 5.74) is 2.32. The van der Waals surface area contributed by atoms with Gasteiger partial charge in [-0.3, -0.25) is 19.6 Å². The van der Waals surface area contributed by atoms with Crippen molar-refractivity contribution in [2.24, 2.45) is 7.05 Å². The molecule has 0 spiro atoms. The van der Waals surface area contributed by atoms with E-state index in [1.807, 2.05) is 12.1 Å².